The Labute approximate surface area is 413 Å². The average Bonchev–Trinajstić information content (AvgIpc) is 3.24. The Bertz CT molecular complexity index is 1780. The van der Waals surface area contributed by atoms with E-state index in [1.54, 1.807) is 36.5 Å². The topological polar surface area (TPSA) is 82.7 Å². The predicted octanol–water partition coefficient (Wildman–Crippen LogP) is 10.5. The zero-order valence-electron chi connectivity index (χ0n) is 31.1. The summed E-state index contributed by atoms with van der Waals surface area (Å²) in [7, 11) is 0. The number of benzene rings is 6. The van der Waals surface area contributed by atoms with Crippen molar-refractivity contribution in [3.63, 3.8) is 0 Å². The standard InChI is InChI=1S/3C17H14O.K.H2O.2Pd.H/c3*18-17(13-11-15-7-3-1-4-8-15)14-12-16-9-5-2-6-10-16;;;;;/h3*1-14H;;1H2;;;. The van der Waals surface area contributed by atoms with Gasteiger partial charge in [-0.1, -0.05) is 218 Å². The number of rotatable bonds is 12. The van der Waals surface area contributed by atoms with E-state index in [1.807, 2.05) is 218 Å². The summed E-state index contributed by atoms with van der Waals surface area (Å²) in [6, 6.07) is 58.7. The predicted molar refractivity (Wildman–Crippen MR) is 239 cm³/mol. The second-order valence-corrected chi connectivity index (χ2v) is 11.7. The van der Waals surface area contributed by atoms with Gasteiger partial charge in [-0.05, 0) is 69.8 Å². The molecule has 2 N–H and O–H groups in total. The maximum atomic E-state index is 11.6. The first-order valence-corrected chi connectivity index (χ1v) is 17.5. The Morgan fingerprint density at radius 2 is 0.379 bits per heavy atom. The van der Waals surface area contributed by atoms with Gasteiger partial charge in [0, 0.05) is 40.8 Å². The molecular formula is C51H45KO4Pd2. The molecule has 0 radical (unpaired) electrons. The van der Waals surface area contributed by atoms with Crippen LogP contribution in [0.3, 0.4) is 0 Å². The maximum Gasteiger partial charge on any atom is 0 e. The number of ketones is 3. The fraction of sp³-hybridized carbons (Fsp3) is 0. The summed E-state index contributed by atoms with van der Waals surface area (Å²) in [4.78, 5) is 34.8. The van der Waals surface area contributed by atoms with Gasteiger partial charge in [0.15, 0.2) is 17.3 Å². The van der Waals surface area contributed by atoms with Crippen LogP contribution < -0.4 is 0 Å². The molecule has 6 aromatic carbocycles. The molecule has 0 aromatic heterocycles. The molecular weight excluding hydrogens is 928 g/mol. The van der Waals surface area contributed by atoms with Crippen LogP contribution in [0.1, 0.15) is 33.4 Å². The van der Waals surface area contributed by atoms with Crippen LogP contribution in [-0.2, 0) is 55.2 Å². The van der Waals surface area contributed by atoms with Crippen LogP contribution in [0.25, 0.3) is 36.5 Å². The summed E-state index contributed by atoms with van der Waals surface area (Å²) in [6.07, 6.45) is 20.4. The van der Waals surface area contributed by atoms with Crippen molar-refractivity contribution in [3.8, 4) is 0 Å². The van der Waals surface area contributed by atoms with Crippen molar-refractivity contribution in [1.29, 1.82) is 0 Å². The quantitative estimate of drug-likeness (QED) is 0.0905. The minimum absolute atomic E-state index is 0. The summed E-state index contributed by atoms with van der Waals surface area (Å²) >= 11 is 0. The van der Waals surface area contributed by atoms with Crippen molar-refractivity contribution in [2.24, 2.45) is 0 Å². The van der Waals surface area contributed by atoms with Gasteiger partial charge < -0.3 is 5.48 Å². The van der Waals surface area contributed by atoms with Crippen LogP contribution in [0.2, 0.25) is 0 Å². The third-order valence-electron chi connectivity index (χ3n) is 7.44. The molecule has 7 heteroatoms. The molecule has 0 bridgehead atoms. The number of hydrogen-bond donors (Lipinski definition) is 0. The molecule has 294 valence electrons. The summed E-state index contributed by atoms with van der Waals surface area (Å²) < 4.78 is 0. The van der Waals surface area contributed by atoms with Gasteiger partial charge in [-0.3, -0.25) is 14.4 Å². The van der Waals surface area contributed by atoms with Crippen molar-refractivity contribution < 1.29 is 60.7 Å². The van der Waals surface area contributed by atoms with Crippen LogP contribution in [0, 0.1) is 0 Å². The first kappa shape index (κ1) is 53.7. The third kappa shape index (κ3) is 24.5. The van der Waals surface area contributed by atoms with Crippen LogP contribution in [-0.4, -0.2) is 74.2 Å². The zero-order valence-corrected chi connectivity index (χ0v) is 34.2. The van der Waals surface area contributed by atoms with E-state index < -0.39 is 0 Å². The van der Waals surface area contributed by atoms with E-state index in [2.05, 4.69) is 0 Å². The molecule has 0 aliphatic heterocycles. The molecule has 0 heterocycles. The van der Waals surface area contributed by atoms with Crippen molar-refractivity contribution in [3.05, 3.63) is 252 Å². The molecule has 0 atom stereocenters. The van der Waals surface area contributed by atoms with E-state index in [0.717, 1.165) is 33.4 Å². The molecule has 0 saturated heterocycles. The van der Waals surface area contributed by atoms with Gasteiger partial charge in [-0.2, -0.15) is 0 Å². The fourth-order valence-corrected chi connectivity index (χ4v) is 4.62. The van der Waals surface area contributed by atoms with Crippen LogP contribution in [0.5, 0.6) is 0 Å². The SMILES string of the molecule is O.O=C(C=Cc1ccccc1)C=Cc1ccccc1.O=C(C=Cc1ccccc1)C=Cc1ccccc1.O=C(C=Cc1ccccc1)C=Cc1ccccc1.[KH].[Pd].[Pd]. The van der Waals surface area contributed by atoms with Crippen molar-refractivity contribution in [2.75, 3.05) is 0 Å². The van der Waals surface area contributed by atoms with Crippen molar-refractivity contribution in [2.45, 2.75) is 0 Å². The first-order valence-electron chi connectivity index (χ1n) is 17.5. The second-order valence-electron chi connectivity index (χ2n) is 11.7. The van der Waals surface area contributed by atoms with Crippen LogP contribution >= 0.6 is 0 Å². The molecule has 6 rings (SSSR count). The van der Waals surface area contributed by atoms with E-state index >= 15 is 0 Å². The minimum Gasteiger partial charge on any atom is 0 e. The Kier molecular flexibility index (Phi) is 31.1. The van der Waals surface area contributed by atoms with Crippen LogP contribution in [0.4, 0.5) is 0 Å². The third-order valence-corrected chi connectivity index (χ3v) is 7.44. The molecule has 0 aliphatic carbocycles. The number of carbonyl (C=O) groups is 3. The molecule has 4 nitrogen and oxygen atoms in total. The molecule has 0 fully saturated rings. The first-order chi connectivity index (χ1) is 26.5. The Morgan fingerprint density at radius 1 is 0.259 bits per heavy atom. The second kappa shape index (κ2) is 33.6. The van der Waals surface area contributed by atoms with Gasteiger partial charge in [-0.25, -0.2) is 0 Å². The van der Waals surface area contributed by atoms with Gasteiger partial charge in [0.2, 0.25) is 0 Å². The minimum atomic E-state index is -0.0114. The van der Waals surface area contributed by atoms with E-state index in [9.17, 15) is 14.4 Å². The van der Waals surface area contributed by atoms with E-state index in [-0.39, 0.29) is 115 Å². The van der Waals surface area contributed by atoms with E-state index in [4.69, 9.17) is 0 Å². The molecule has 0 unspecified atom stereocenters. The monoisotopic (exact) mass is 972 g/mol. The van der Waals surface area contributed by atoms with E-state index in [1.165, 1.54) is 0 Å². The number of carbonyl (C=O) groups excluding carboxylic acids is 3. The van der Waals surface area contributed by atoms with Gasteiger partial charge in [0.05, 0.1) is 0 Å². The van der Waals surface area contributed by atoms with Gasteiger partial charge in [-0.15, -0.1) is 0 Å². The Balaban J connectivity index is 0.000000812. The Hall–Kier alpha value is -4.31. The molecule has 0 saturated carbocycles. The molecule has 0 aliphatic rings. The number of allylic oxidation sites excluding steroid dienone is 6. The van der Waals surface area contributed by atoms with Crippen molar-refractivity contribution in [1.82, 2.24) is 0 Å². The number of hydrogen-bond acceptors (Lipinski definition) is 3. The summed E-state index contributed by atoms with van der Waals surface area (Å²) in [5.74, 6) is -0.0341. The van der Waals surface area contributed by atoms with Gasteiger partial charge >= 0.3 is 51.4 Å². The summed E-state index contributed by atoms with van der Waals surface area (Å²) in [5.41, 5.74) is 6.16. The molecule has 6 aromatic rings. The van der Waals surface area contributed by atoms with Crippen LogP contribution in [0.15, 0.2) is 218 Å². The molecule has 58 heavy (non-hydrogen) atoms. The average molecular weight is 974 g/mol. The summed E-state index contributed by atoms with van der Waals surface area (Å²) in [5, 5.41) is 0. The zero-order chi connectivity index (χ0) is 37.9. The van der Waals surface area contributed by atoms with Gasteiger partial charge in [0.1, 0.15) is 0 Å². The maximum absolute atomic E-state index is 11.6. The molecule has 0 spiro atoms. The summed E-state index contributed by atoms with van der Waals surface area (Å²) in [6.45, 7) is 0. The van der Waals surface area contributed by atoms with Crippen molar-refractivity contribution >= 4 is 105 Å². The van der Waals surface area contributed by atoms with E-state index in [0.29, 0.717) is 0 Å². The Morgan fingerprint density at radius 3 is 0.500 bits per heavy atom. The normalized spacial score (nSPS) is 10.3. The van der Waals surface area contributed by atoms with Gasteiger partial charge in [0.25, 0.3) is 0 Å². The largest absolute Gasteiger partial charge is 0 e. The smallest absolute Gasteiger partial charge is 0 e. The fourth-order valence-electron chi connectivity index (χ4n) is 4.62. The molecule has 0 amide bonds.